The average molecular weight is 196 g/mol. The van der Waals surface area contributed by atoms with E-state index in [4.69, 9.17) is 0 Å². The highest BCUT2D eigenvalue weighted by atomic mass is 16.2. The molecule has 0 aromatic rings. The molecule has 14 heavy (non-hydrogen) atoms. The standard InChI is InChI=1S/C11H20N2O/c1-8(10-3-4-10)12-11-5-6-13(7-11)9(2)14/h8,10-12H,3-7H2,1-2H3. The number of carbonyl (C=O) groups excluding carboxylic acids is 1. The summed E-state index contributed by atoms with van der Waals surface area (Å²) in [6, 6.07) is 1.18. The van der Waals surface area contributed by atoms with Crippen LogP contribution in [0.5, 0.6) is 0 Å². The fourth-order valence-corrected chi connectivity index (χ4v) is 2.29. The smallest absolute Gasteiger partial charge is 0.219 e. The van der Waals surface area contributed by atoms with E-state index in [1.165, 1.54) is 12.8 Å². The lowest BCUT2D eigenvalue weighted by Gasteiger charge is -2.19. The van der Waals surface area contributed by atoms with Crippen LogP contribution >= 0.6 is 0 Å². The van der Waals surface area contributed by atoms with Crippen LogP contribution in [0.2, 0.25) is 0 Å². The van der Waals surface area contributed by atoms with E-state index >= 15 is 0 Å². The Labute approximate surface area is 85.8 Å². The molecule has 3 heteroatoms. The summed E-state index contributed by atoms with van der Waals surface area (Å²) in [5, 5.41) is 3.63. The van der Waals surface area contributed by atoms with Crippen LogP contribution in [-0.2, 0) is 4.79 Å². The Morgan fingerprint density at radius 1 is 1.43 bits per heavy atom. The van der Waals surface area contributed by atoms with Crippen LogP contribution < -0.4 is 5.32 Å². The Morgan fingerprint density at radius 2 is 2.14 bits per heavy atom. The van der Waals surface area contributed by atoms with E-state index in [0.717, 1.165) is 25.4 Å². The van der Waals surface area contributed by atoms with Gasteiger partial charge < -0.3 is 10.2 Å². The van der Waals surface area contributed by atoms with Crippen molar-refractivity contribution in [2.24, 2.45) is 5.92 Å². The first-order valence-corrected chi connectivity index (χ1v) is 5.68. The summed E-state index contributed by atoms with van der Waals surface area (Å²) in [6.45, 7) is 5.78. The molecule has 80 valence electrons. The Morgan fingerprint density at radius 3 is 2.64 bits per heavy atom. The summed E-state index contributed by atoms with van der Waals surface area (Å²) in [5.41, 5.74) is 0. The highest BCUT2D eigenvalue weighted by molar-refractivity contribution is 5.73. The number of hydrogen-bond acceptors (Lipinski definition) is 2. The van der Waals surface area contributed by atoms with Crippen molar-refractivity contribution in [2.45, 2.75) is 45.2 Å². The summed E-state index contributed by atoms with van der Waals surface area (Å²) >= 11 is 0. The number of likely N-dealkylation sites (tertiary alicyclic amines) is 1. The lowest BCUT2D eigenvalue weighted by molar-refractivity contribution is -0.127. The van der Waals surface area contributed by atoms with E-state index < -0.39 is 0 Å². The second-order valence-electron chi connectivity index (χ2n) is 4.74. The topological polar surface area (TPSA) is 32.3 Å². The predicted molar refractivity (Wildman–Crippen MR) is 56.0 cm³/mol. The van der Waals surface area contributed by atoms with Crippen molar-refractivity contribution >= 4 is 5.91 Å². The van der Waals surface area contributed by atoms with Crippen LogP contribution in [0, 0.1) is 5.92 Å². The van der Waals surface area contributed by atoms with Gasteiger partial charge in [-0.3, -0.25) is 4.79 Å². The summed E-state index contributed by atoms with van der Waals surface area (Å²) in [4.78, 5) is 13.1. The molecule has 2 fully saturated rings. The second-order valence-corrected chi connectivity index (χ2v) is 4.74. The molecule has 2 rings (SSSR count). The normalized spacial score (nSPS) is 29.3. The van der Waals surface area contributed by atoms with Gasteiger partial charge in [-0.25, -0.2) is 0 Å². The molecule has 1 amide bonds. The third-order valence-electron chi connectivity index (χ3n) is 3.46. The van der Waals surface area contributed by atoms with E-state index in [-0.39, 0.29) is 5.91 Å². The zero-order chi connectivity index (χ0) is 10.1. The molecule has 1 N–H and O–H groups in total. The van der Waals surface area contributed by atoms with Gasteiger partial charge in [-0.1, -0.05) is 0 Å². The van der Waals surface area contributed by atoms with Gasteiger partial charge in [0.1, 0.15) is 0 Å². The molecule has 1 saturated heterocycles. The minimum absolute atomic E-state index is 0.216. The summed E-state index contributed by atoms with van der Waals surface area (Å²) in [6.07, 6.45) is 3.89. The monoisotopic (exact) mass is 196 g/mol. The number of nitrogens with zero attached hydrogens (tertiary/aromatic N) is 1. The van der Waals surface area contributed by atoms with Gasteiger partial charge in [0, 0.05) is 32.1 Å². The van der Waals surface area contributed by atoms with Crippen LogP contribution in [0.1, 0.15) is 33.1 Å². The molecule has 1 aliphatic carbocycles. The molecule has 0 aromatic carbocycles. The quantitative estimate of drug-likeness (QED) is 0.730. The highest BCUT2D eigenvalue weighted by Crippen LogP contribution is 2.32. The van der Waals surface area contributed by atoms with Gasteiger partial charge in [0.05, 0.1) is 0 Å². The Kier molecular flexibility index (Phi) is 2.77. The van der Waals surface area contributed by atoms with Crippen LogP contribution in [-0.4, -0.2) is 36.0 Å². The molecule has 0 spiro atoms. The van der Waals surface area contributed by atoms with Gasteiger partial charge in [0.2, 0.25) is 5.91 Å². The van der Waals surface area contributed by atoms with Crippen LogP contribution in [0.4, 0.5) is 0 Å². The fraction of sp³-hybridized carbons (Fsp3) is 0.909. The Balaban J connectivity index is 1.74. The first kappa shape index (κ1) is 9.97. The predicted octanol–water partition coefficient (Wildman–Crippen LogP) is 0.995. The van der Waals surface area contributed by atoms with E-state index in [1.54, 1.807) is 6.92 Å². The van der Waals surface area contributed by atoms with Crippen molar-refractivity contribution in [1.82, 2.24) is 10.2 Å². The molecule has 0 radical (unpaired) electrons. The third kappa shape index (κ3) is 2.27. The molecular weight excluding hydrogens is 176 g/mol. The molecule has 2 aliphatic rings. The number of amides is 1. The lowest BCUT2D eigenvalue weighted by Crippen LogP contribution is -2.40. The van der Waals surface area contributed by atoms with E-state index in [2.05, 4.69) is 12.2 Å². The minimum atomic E-state index is 0.216. The van der Waals surface area contributed by atoms with Gasteiger partial charge in [0.15, 0.2) is 0 Å². The molecule has 2 unspecified atom stereocenters. The second kappa shape index (κ2) is 3.89. The number of hydrogen-bond donors (Lipinski definition) is 1. The van der Waals surface area contributed by atoms with Crippen LogP contribution in [0.3, 0.4) is 0 Å². The maximum Gasteiger partial charge on any atom is 0.219 e. The van der Waals surface area contributed by atoms with Gasteiger partial charge in [0.25, 0.3) is 0 Å². The molecule has 1 heterocycles. The molecule has 1 aliphatic heterocycles. The van der Waals surface area contributed by atoms with Crippen LogP contribution in [0.25, 0.3) is 0 Å². The first-order chi connectivity index (χ1) is 6.66. The summed E-state index contributed by atoms with van der Waals surface area (Å²) in [7, 11) is 0. The largest absolute Gasteiger partial charge is 0.341 e. The maximum atomic E-state index is 11.1. The van der Waals surface area contributed by atoms with Crippen molar-refractivity contribution in [3.8, 4) is 0 Å². The summed E-state index contributed by atoms with van der Waals surface area (Å²) < 4.78 is 0. The van der Waals surface area contributed by atoms with Gasteiger partial charge in [-0.2, -0.15) is 0 Å². The molecule has 1 saturated carbocycles. The molecule has 2 atom stereocenters. The van der Waals surface area contributed by atoms with Crippen molar-refractivity contribution in [2.75, 3.05) is 13.1 Å². The number of nitrogens with one attached hydrogen (secondary N) is 1. The zero-order valence-corrected chi connectivity index (χ0v) is 9.12. The van der Waals surface area contributed by atoms with E-state index in [0.29, 0.717) is 12.1 Å². The molecule has 0 bridgehead atoms. The van der Waals surface area contributed by atoms with Gasteiger partial charge in [-0.05, 0) is 32.1 Å². The van der Waals surface area contributed by atoms with Gasteiger partial charge >= 0.3 is 0 Å². The van der Waals surface area contributed by atoms with Crippen molar-refractivity contribution in [3.05, 3.63) is 0 Å². The number of rotatable bonds is 3. The van der Waals surface area contributed by atoms with Crippen molar-refractivity contribution in [3.63, 3.8) is 0 Å². The number of carbonyl (C=O) groups is 1. The third-order valence-corrected chi connectivity index (χ3v) is 3.46. The van der Waals surface area contributed by atoms with Crippen LogP contribution in [0.15, 0.2) is 0 Å². The SMILES string of the molecule is CC(=O)N1CCC(NC(C)C2CC2)C1. The highest BCUT2D eigenvalue weighted by Gasteiger charge is 2.31. The molecular formula is C11H20N2O. The lowest BCUT2D eigenvalue weighted by atomic mass is 10.1. The van der Waals surface area contributed by atoms with Crippen molar-refractivity contribution in [1.29, 1.82) is 0 Å². The van der Waals surface area contributed by atoms with E-state index in [9.17, 15) is 4.79 Å². The Hall–Kier alpha value is -0.570. The first-order valence-electron chi connectivity index (χ1n) is 5.68. The average Bonchev–Trinajstić information content (AvgIpc) is 2.87. The molecule has 0 aromatic heterocycles. The van der Waals surface area contributed by atoms with Gasteiger partial charge in [-0.15, -0.1) is 0 Å². The minimum Gasteiger partial charge on any atom is -0.341 e. The zero-order valence-electron chi connectivity index (χ0n) is 9.12. The summed E-state index contributed by atoms with van der Waals surface area (Å²) in [5.74, 6) is 1.12. The molecule has 3 nitrogen and oxygen atoms in total. The van der Waals surface area contributed by atoms with Crippen molar-refractivity contribution < 1.29 is 4.79 Å². The Bertz CT molecular complexity index is 225. The fourth-order valence-electron chi connectivity index (χ4n) is 2.29. The van der Waals surface area contributed by atoms with E-state index in [1.807, 2.05) is 4.90 Å². The maximum absolute atomic E-state index is 11.1.